The minimum atomic E-state index is 0.164. The monoisotopic (exact) mass is 332 g/mol. The van der Waals surface area contributed by atoms with Crippen LogP contribution in [0.25, 0.3) is 0 Å². The average Bonchev–Trinajstić information content (AvgIpc) is 3.02. The van der Waals surface area contributed by atoms with E-state index < -0.39 is 0 Å². The lowest BCUT2D eigenvalue weighted by molar-refractivity contribution is -0.128. The fourth-order valence-electron chi connectivity index (χ4n) is 2.40. The maximum Gasteiger partial charge on any atom is 0.233 e. The predicted molar refractivity (Wildman–Crippen MR) is 88.6 cm³/mol. The standard InChI is InChI=1S/C14H21ClN2OS2/c1-3-16(4-2)8-5-9-17-13(18)10-19-14(17)11-6-7-12(15)20-11/h6-7,14H,3-5,8-10H2,1-2H3. The highest BCUT2D eigenvalue weighted by atomic mass is 35.5. The second-order valence-electron chi connectivity index (χ2n) is 4.77. The van der Waals surface area contributed by atoms with Gasteiger partial charge in [0.1, 0.15) is 5.37 Å². The van der Waals surface area contributed by atoms with Crippen LogP contribution < -0.4 is 0 Å². The van der Waals surface area contributed by atoms with E-state index in [1.807, 2.05) is 17.0 Å². The van der Waals surface area contributed by atoms with Gasteiger partial charge in [-0.2, -0.15) is 0 Å². The molecule has 1 aromatic heterocycles. The average molecular weight is 333 g/mol. The molecule has 0 N–H and O–H groups in total. The smallest absolute Gasteiger partial charge is 0.233 e. The summed E-state index contributed by atoms with van der Waals surface area (Å²) in [6.45, 7) is 8.39. The van der Waals surface area contributed by atoms with Crippen molar-refractivity contribution in [3.63, 3.8) is 0 Å². The van der Waals surface area contributed by atoms with Crippen LogP contribution in [0.15, 0.2) is 12.1 Å². The second kappa shape index (κ2) is 7.69. The van der Waals surface area contributed by atoms with Gasteiger partial charge in [0.15, 0.2) is 0 Å². The molecule has 1 aliphatic rings. The van der Waals surface area contributed by atoms with Crippen LogP contribution >= 0.6 is 34.7 Å². The molecule has 6 heteroatoms. The minimum Gasteiger partial charge on any atom is -0.325 e. The molecular formula is C14H21ClN2OS2. The Morgan fingerprint density at radius 3 is 2.75 bits per heavy atom. The first-order valence-corrected chi connectivity index (χ1v) is 9.28. The van der Waals surface area contributed by atoms with Gasteiger partial charge in [-0.1, -0.05) is 25.4 Å². The van der Waals surface area contributed by atoms with Crippen molar-refractivity contribution in [3.05, 3.63) is 21.3 Å². The van der Waals surface area contributed by atoms with Crippen molar-refractivity contribution in [2.45, 2.75) is 25.6 Å². The van der Waals surface area contributed by atoms with E-state index in [4.69, 9.17) is 11.6 Å². The topological polar surface area (TPSA) is 23.6 Å². The Kier molecular flexibility index (Phi) is 6.20. The van der Waals surface area contributed by atoms with E-state index in [9.17, 15) is 4.79 Å². The molecule has 1 aromatic rings. The zero-order valence-electron chi connectivity index (χ0n) is 12.0. The Bertz CT molecular complexity index is 448. The summed E-state index contributed by atoms with van der Waals surface area (Å²) in [5.74, 6) is 0.843. The van der Waals surface area contributed by atoms with E-state index >= 15 is 0 Å². The van der Waals surface area contributed by atoms with Crippen LogP contribution in [0.1, 0.15) is 30.5 Å². The fraction of sp³-hybridized carbons (Fsp3) is 0.643. The van der Waals surface area contributed by atoms with Gasteiger partial charge in [-0.15, -0.1) is 23.1 Å². The van der Waals surface area contributed by atoms with E-state index in [-0.39, 0.29) is 11.3 Å². The zero-order valence-corrected chi connectivity index (χ0v) is 14.4. The van der Waals surface area contributed by atoms with Crippen molar-refractivity contribution in [1.29, 1.82) is 0 Å². The number of amides is 1. The van der Waals surface area contributed by atoms with Crippen molar-refractivity contribution in [2.24, 2.45) is 0 Å². The molecule has 2 heterocycles. The Balaban J connectivity index is 1.92. The molecule has 1 unspecified atom stereocenters. The van der Waals surface area contributed by atoms with E-state index in [2.05, 4.69) is 18.7 Å². The van der Waals surface area contributed by atoms with Gasteiger partial charge in [0.05, 0.1) is 10.1 Å². The van der Waals surface area contributed by atoms with Crippen LogP contribution in [0, 0.1) is 0 Å². The molecule has 1 aliphatic heterocycles. The predicted octanol–water partition coefficient (Wildman–Crippen LogP) is 3.71. The molecule has 0 spiro atoms. The van der Waals surface area contributed by atoms with Gasteiger partial charge in [0.2, 0.25) is 5.91 Å². The summed E-state index contributed by atoms with van der Waals surface area (Å²) >= 11 is 9.30. The number of nitrogens with zero attached hydrogens (tertiary/aromatic N) is 2. The summed E-state index contributed by atoms with van der Waals surface area (Å²) in [5, 5.41) is 0.164. The van der Waals surface area contributed by atoms with Gasteiger partial charge in [-0.25, -0.2) is 0 Å². The Morgan fingerprint density at radius 2 is 2.15 bits per heavy atom. The molecular weight excluding hydrogens is 312 g/mol. The van der Waals surface area contributed by atoms with Gasteiger partial charge in [0, 0.05) is 11.4 Å². The number of carbonyl (C=O) groups excluding carboxylic acids is 1. The first kappa shape index (κ1) is 16.1. The van der Waals surface area contributed by atoms with Crippen LogP contribution in [0.3, 0.4) is 0 Å². The van der Waals surface area contributed by atoms with Gasteiger partial charge < -0.3 is 9.80 Å². The first-order chi connectivity index (χ1) is 9.65. The molecule has 0 saturated carbocycles. The molecule has 0 aromatic carbocycles. The highest BCUT2D eigenvalue weighted by molar-refractivity contribution is 8.00. The summed E-state index contributed by atoms with van der Waals surface area (Å²) in [7, 11) is 0. The number of hydrogen-bond acceptors (Lipinski definition) is 4. The molecule has 112 valence electrons. The highest BCUT2D eigenvalue weighted by Crippen LogP contribution is 2.42. The number of rotatable bonds is 7. The van der Waals surface area contributed by atoms with Gasteiger partial charge >= 0.3 is 0 Å². The number of thioether (sulfide) groups is 1. The van der Waals surface area contributed by atoms with Crippen molar-refractivity contribution in [1.82, 2.24) is 9.80 Å². The van der Waals surface area contributed by atoms with Crippen LogP contribution in [0.2, 0.25) is 4.34 Å². The van der Waals surface area contributed by atoms with E-state index in [1.165, 1.54) is 4.88 Å². The summed E-state index contributed by atoms with van der Waals surface area (Å²) in [5.41, 5.74) is 0. The molecule has 3 nitrogen and oxygen atoms in total. The maximum atomic E-state index is 12.0. The van der Waals surface area contributed by atoms with Crippen molar-refractivity contribution in [3.8, 4) is 0 Å². The van der Waals surface area contributed by atoms with Crippen LogP contribution in [0.4, 0.5) is 0 Å². The number of thiophene rings is 1. The molecule has 20 heavy (non-hydrogen) atoms. The lowest BCUT2D eigenvalue weighted by Gasteiger charge is -2.25. The lowest BCUT2D eigenvalue weighted by atomic mass is 10.3. The third kappa shape index (κ3) is 3.91. The quantitative estimate of drug-likeness (QED) is 0.760. The van der Waals surface area contributed by atoms with E-state index in [0.717, 1.165) is 36.9 Å². The highest BCUT2D eigenvalue weighted by Gasteiger charge is 2.33. The third-order valence-electron chi connectivity index (χ3n) is 3.57. The van der Waals surface area contributed by atoms with Crippen LogP contribution in [0.5, 0.6) is 0 Å². The molecule has 1 saturated heterocycles. The number of hydrogen-bond donors (Lipinski definition) is 0. The lowest BCUT2D eigenvalue weighted by Crippen LogP contribution is -2.32. The van der Waals surface area contributed by atoms with Crippen molar-refractivity contribution < 1.29 is 4.79 Å². The maximum absolute atomic E-state index is 12.0. The molecule has 1 fully saturated rings. The van der Waals surface area contributed by atoms with Gasteiger partial charge in [0.25, 0.3) is 0 Å². The van der Waals surface area contributed by atoms with Gasteiger partial charge in [-0.3, -0.25) is 4.79 Å². The second-order valence-corrected chi connectivity index (χ2v) is 7.59. The molecule has 1 atom stereocenters. The molecule has 1 amide bonds. The van der Waals surface area contributed by atoms with Crippen LogP contribution in [-0.4, -0.2) is 47.6 Å². The van der Waals surface area contributed by atoms with Gasteiger partial charge in [-0.05, 0) is 38.2 Å². The summed E-state index contributed by atoms with van der Waals surface area (Å²) in [4.78, 5) is 17.6. The normalized spacial score (nSPS) is 19.3. The molecule has 0 radical (unpaired) electrons. The summed E-state index contributed by atoms with van der Waals surface area (Å²) in [6, 6.07) is 3.96. The third-order valence-corrected chi connectivity index (χ3v) is 6.24. The van der Waals surface area contributed by atoms with Crippen molar-refractivity contribution in [2.75, 3.05) is 31.9 Å². The largest absolute Gasteiger partial charge is 0.325 e. The molecule has 0 aliphatic carbocycles. The summed E-state index contributed by atoms with van der Waals surface area (Å²) in [6.07, 6.45) is 1.03. The molecule has 2 rings (SSSR count). The van der Waals surface area contributed by atoms with E-state index in [0.29, 0.717) is 5.75 Å². The number of carbonyl (C=O) groups is 1. The number of halogens is 1. The summed E-state index contributed by atoms with van der Waals surface area (Å²) < 4.78 is 0.794. The van der Waals surface area contributed by atoms with Crippen LogP contribution in [-0.2, 0) is 4.79 Å². The molecule has 0 bridgehead atoms. The SMILES string of the molecule is CCN(CC)CCCN1C(=O)CSC1c1ccc(Cl)s1. The Morgan fingerprint density at radius 1 is 1.40 bits per heavy atom. The van der Waals surface area contributed by atoms with Crippen molar-refractivity contribution >= 4 is 40.6 Å². The minimum absolute atomic E-state index is 0.164. The Hall–Kier alpha value is -0.230. The van der Waals surface area contributed by atoms with E-state index in [1.54, 1.807) is 23.1 Å². The Labute approximate surface area is 134 Å². The zero-order chi connectivity index (χ0) is 14.5. The first-order valence-electron chi connectivity index (χ1n) is 7.04. The fourth-order valence-corrected chi connectivity index (χ4v) is 4.91.